The molecule has 46 heavy (non-hydrogen) atoms. The molecule has 0 saturated carbocycles. The Kier molecular flexibility index (Phi) is 8.91. The first-order valence-electron chi connectivity index (χ1n) is 15.5. The zero-order chi connectivity index (χ0) is 32.7. The van der Waals surface area contributed by atoms with Gasteiger partial charge >= 0.3 is 12.1 Å². The Morgan fingerprint density at radius 3 is 2.59 bits per heavy atom. The Morgan fingerprint density at radius 1 is 1.11 bits per heavy atom. The van der Waals surface area contributed by atoms with Gasteiger partial charge in [-0.1, -0.05) is 35.3 Å². The van der Waals surface area contributed by atoms with Crippen LogP contribution in [0.1, 0.15) is 51.5 Å². The summed E-state index contributed by atoms with van der Waals surface area (Å²) in [6.07, 6.45) is 2.86. The number of aromatic nitrogens is 4. The van der Waals surface area contributed by atoms with Gasteiger partial charge in [-0.25, -0.2) is 19.0 Å². The first-order valence-corrected chi connectivity index (χ1v) is 16.2. The first kappa shape index (κ1) is 32.1. The predicted octanol–water partition coefficient (Wildman–Crippen LogP) is 6.70. The van der Waals surface area contributed by atoms with Gasteiger partial charge in [0.25, 0.3) is 0 Å². The highest BCUT2D eigenvalue weighted by Crippen LogP contribution is 2.40. The van der Waals surface area contributed by atoms with Crippen LogP contribution in [-0.2, 0) is 27.2 Å². The average Bonchev–Trinajstić information content (AvgIpc) is 3.64. The number of nitrogens with zero attached hydrogens (tertiary/aromatic N) is 6. The van der Waals surface area contributed by atoms with E-state index in [2.05, 4.69) is 9.88 Å². The molecule has 2 aliphatic heterocycles. The van der Waals surface area contributed by atoms with Crippen LogP contribution in [0.5, 0.6) is 0 Å². The van der Waals surface area contributed by atoms with E-state index in [1.54, 1.807) is 35.0 Å². The number of hydrogen-bond acceptors (Lipinski definition) is 7. The van der Waals surface area contributed by atoms with E-state index in [4.69, 9.17) is 37.8 Å². The number of imidazole rings is 1. The van der Waals surface area contributed by atoms with Gasteiger partial charge in [-0.15, -0.1) is 0 Å². The lowest BCUT2D eigenvalue weighted by atomic mass is 10.0. The smallest absolute Gasteiger partial charge is 0.410 e. The minimum absolute atomic E-state index is 0.160. The van der Waals surface area contributed by atoms with E-state index in [9.17, 15) is 14.0 Å². The molecule has 6 rings (SSSR count). The van der Waals surface area contributed by atoms with Crippen molar-refractivity contribution in [3.05, 3.63) is 64.3 Å². The van der Waals surface area contributed by atoms with Crippen molar-refractivity contribution >= 4 is 51.9 Å². The van der Waals surface area contributed by atoms with E-state index < -0.39 is 23.8 Å². The second-order valence-corrected chi connectivity index (χ2v) is 13.4. The molecule has 0 bridgehead atoms. The summed E-state index contributed by atoms with van der Waals surface area (Å²) in [5.41, 5.74) is 3.51. The summed E-state index contributed by atoms with van der Waals surface area (Å²) in [4.78, 5) is 34.3. The van der Waals surface area contributed by atoms with Crippen LogP contribution in [0.15, 0.2) is 42.9 Å². The number of halogens is 3. The molecule has 2 aromatic carbocycles. The number of anilines is 1. The minimum atomic E-state index is -1.04. The van der Waals surface area contributed by atoms with E-state index in [0.717, 1.165) is 24.2 Å². The number of fused-ring (bicyclic) bond motifs is 2. The van der Waals surface area contributed by atoms with E-state index in [-0.39, 0.29) is 25.7 Å². The van der Waals surface area contributed by atoms with Gasteiger partial charge in [-0.2, -0.15) is 5.10 Å². The van der Waals surface area contributed by atoms with Gasteiger partial charge in [0.15, 0.2) is 6.04 Å². The monoisotopic (exact) mass is 670 g/mol. The van der Waals surface area contributed by atoms with Crippen LogP contribution in [0.3, 0.4) is 0 Å². The normalized spacial score (nSPS) is 17.6. The number of hydrogen-bond donors (Lipinski definition) is 0. The number of amides is 1. The van der Waals surface area contributed by atoms with Crippen molar-refractivity contribution in [2.45, 2.75) is 64.9 Å². The molecule has 1 amide bonds. The molecule has 4 aromatic rings. The van der Waals surface area contributed by atoms with Crippen molar-refractivity contribution < 1.29 is 23.5 Å². The Morgan fingerprint density at radius 2 is 1.87 bits per heavy atom. The second kappa shape index (κ2) is 12.8. The molecule has 0 N–H and O–H groups in total. The summed E-state index contributed by atoms with van der Waals surface area (Å²) in [5.74, 6) is -0.551. The maximum Gasteiger partial charge on any atom is 0.410 e. The predicted molar refractivity (Wildman–Crippen MR) is 175 cm³/mol. The number of carbonyl (C=O) groups excluding carboxylic acids is 2. The SMILES string of the molecule is CCOC(=O)[C@@H](c1ncn2c1C[C@@H](F)C2)n1cc2c(Cl)cc(-c3ccc(N4CCCN(C(=O)OC(C)(C)C)CC4)cc3)c(Cl)c2n1. The molecule has 4 heterocycles. The van der Waals surface area contributed by atoms with Crippen molar-refractivity contribution in [1.29, 1.82) is 0 Å². The van der Waals surface area contributed by atoms with Gasteiger partial charge in [-0.05, 0) is 57.9 Å². The van der Waals surface area contributed by atoms with Crippen LogP contribution in [-0.4, -0.2) is 80.9 Å². The van der Waals surface area contributed by atoms with E-state index in [1.807, 2.05) is 45.0 Å². The number of rotatable bonds is 6. The van der Waals surface area contributed by atoms with Gasteiger partial charge in [0.05, 0.1) is 35.2 Å². The number of esters is 1. The Labute approximate surface area is 277 Å². The molecule has 1 saturated heterocycles. The van der Waals surface area contributed by atoms with Crippen molar-refractivity contribution in [1.82, 2.24) is 24.2 Å². The highest BCUT2D eigenvalue weighted by atomic mass is 35.5. The minimum Gasteiger partial charge on any atom is -0.464 e. The molecule has 244 valence electrons. The third-order valence-electron chi connectivity index (χ3n) is 8.22. The second-order valence-electron chi connectivity index (χ2n) is 12.6. The topological polar surface area (TPSA) is 94.7 Å². The Bertz CT molecular complexity index is 1770. The molecule has 13 heteroatoms. The molecule has 2 atom stereocenters. The molecule has 0 aliphatic carbocycles. The number of ether oxygens (including phenoxy) is 2. The van der Waals surface area contributed by atoms with E-state index >= 15 is 0 Å². The molecule has 2 aromatic heterocycles. The van der Waals surface area contributed by atoms with Crippen molar-refractivity contribution in [3.63, 3.8) is 0 Å². The summed E-state index contributed by atoms with van der Waals surface area (Å²) < 4.78 is 28.4. The van der Waals surface area contributed by atoms with Crippen LogP contribution in [0.25, 0.3) is 22.0 Å². The number of alkyl halides is 1. The largest absolute Gasteiger partial charge is 0.464 e. The molecule has 2 aliphatic rings. The van der Waals surface area contributed by atoms with Gasteiger partial charge in [0.2, 0.25) is 0 Å². The molecule has 1 fully saturated rings. The maximum atomic E-state index is 14.2. The third-order valence-corrected chi connectivity index (χ3v) is 8.91. The number of carbonyl (C=O) groups is 2. The molecule has 0 unspecified atom stereocenters. The summed E-state index contributed by atoms with van der Waals surface area (Å²) in [5, 5.41) is 6.09. The summed E-state index contributed by atoms with van der Waals surface area (Å²) in [6, 6.07) is 8.78. The first-order chi connectivity index (χ1) is 21.9. The summed E-state index contributed by atoms with van der Waals surface area (Å²) >= 11 is 13.7. The maximum absolute atomic E-state index is 14.2. The fourth-order valence-corrected chi connectivity index (χ4v) is 6.64. The highest BCUT2D eigenvalue weighted by molar-refractivity contribution is 6.42. The standard InChI is InChI=1S/C33H37Cl2FN6O4/c1-5-45-31(43)30(29-26-15-21(36)17-41(26)19-37-29)42-18-24-25(34)16-23(27(35)28(24)38-42)20-7-9-22(10-8-20)39-11-6-12-40(14-13-39)32(44)46-33(2,3)4/h7-10,16,18-19,21,30H,5-6,11-15,17H2,1-4H3/t21-,30-/m1/s1. The molecule has 10 nitrogen and oxygen atoms in total. The van der Waals surface area contributed by atoms with E-state index in [0.29, 0.717) is 57.5 Å². The fourth-order valence-electron chi connectivity index (χ4n) is 6.09. The quantitative estimate of drug-likeness (QED) is 0.211. The summed E-state index contributed by atoms with van der Waals surface area (Å²) in [6.45, 7) is 10.4. The molecule has 0 spiro atoms. The van der Waals surface area contributed by atoms with Gasteiger partial charge < -0.3 is 23.8 Å². The van der Waals surface area contributed by atoms with Crippen molar-refractivity contribution in [2.24, 2.45) is 0 Å². The van der Waals surface area contributed by atoms with E-state index in [1.165, 1.54) is 4.68 Å². The van der Waals surface area contributed by atoms with Crippen LogP contribution >= 0.6 is 23.2 Å². The van der Waals surface area contributed by atoms with Gasteiger partial charge in [0, 0.05) is 61.1 Å². The summed E-state index contributed by atoms with van der Waals surface area (Å²) in [7, 11) is 0. The van der Waals surface area contributed by atoms with Crippen LogP contribution in [0.4, 0.5) is 14.9 Å². The molecular weight excluding hydrogens is 634 g/mol. The zero-order valence-electron chi connectivity index (χ0n) is 26.3. The highest BCUT2D eigenvalue weighted by Gasteiger charge is 2.35. The average molecular weight is 672 g/mol. The molecular formula is C33H37Cl2FN6O4. The molecule has 0 radical (unpaired) electrons. The Hall–Kier alpha value is -3.83. The zero-order valence-corrected chi connectivity index (χ0v) is 27.8. The van der Waals surface area contributed by atoms with Crippen LogP contribution < -0.4 is 4.90 Å². The van der Waals surface area contributed by atoms with Gasteiger partial charge in [-0.3, -0.25) is 4.68 Å². The lowest BCUT2D eigenvalue weighted by Gasteiger charge is -2.27. The number of benzene rings is 2. The van der Waals surface area contributed by atoms with Crippen molar-refractivity contribution in [2.75, 3.05) is 37.7 Å². The Balaban J connectivity index is 1.26. The third kappa shape index (κ3) is 6.40. The lowest BCUT2D eigenvalue weighted by molar-refractivity contribution is -0.146. The van der Waals surface area contributed by atoms with Crippen LogP contribution in [0, 0.1) is 0 Å². The fraction of sp³-hybridized carbons (Fsp3) is 0.455. The van der Waals surface area contributed by atoms with Crippen molar-refractivity contribution in [3.8, 4) is 11.1 Å². The van der Waals surface area contributed by atoms with Crippen LogP contribution in [0.2, 0.25) is 10.0 Å². The van der Waals surface area contributed by atoms with Gasteiger partial charge in [0.1, 0.15) is 17.3 Å². The lowest BCUT2D eigenvalue weighted by Crippen LogP contribution is -2.39.